The van der Waals surface area contributed by atoms with Gasteiger partial charge in [0, 0.05) is 11.8 Å². The standard InChI is InChI=1S/C16H26O3/c1-3-9-5-10(4-2)14-13(9)11-6-16(15(14)19-11)7-12(17)18-8-16/h9-15,17H,3-8H2,1-2H3. The summed E-state index contributed by atoms with van der Waals surface area (Å²) in [6.07, 6.45) is 6.17. The van der Waals surface area contributed by atoms with Gasteiger partial charge in [-0.05, 0) is 36.5 Å². The van der Waals surface area contributed by atoms with Crippen LogP contribution >= 0.6 is 0 Å². The summed E-state index contributed by atoms with van der Waals surface area (Å²) in [5.41, 5.74) is 0.140. The zero-order valence-corrected chi connectivity index (χ0v) is 12.0. The fourth-order valence-electron chi connectivity index (χ4n) is 5.90. The molecule has 0 amide bonds. The Balaban J connectivity index is 1.64. The molecule has 1 saturated carbocycles. The maximum Gasteiger partial charge on any atom is 0.155 e. The molecule has 8 atom stereocenters. The first kappa shape index (κ1) is 12.6. The smallest absolute Gasteiger partial charge is 0.155 e. The summed E-state index contributed by atoms with van der Waals surface area (Å²) in [4.78, 5) is 0. The predicted octanol–water partition coefficient (Wildman–Crippen LogP) is 2.57. The van der Waals surface area contributed by atoms with E-state index in [0.29, 0.717) is 18.8 Å². The fraction of sp³-hybridized carbons (Fsp3) is 1.00. The van der Waals surface area contributed by atoms with Crippen LogP contribution in [0.3, 0.4) is 0 Å². The van der Waals surface area contributed by atoms with Crippen LogP contribution in [0.25, 0.3) is 0 Å². The number of hydrogen-bond donors (Lipinski definition) is 1. The summed E-state index contributed by atoms with van der Waals surface area (Å²) in [5.74, 6) is 3.24. The Kier molecular flexibility index (Phi) is 2.78. The molecule has 0 aromatic rings. The molecule has 3 heterocycles. The third-order valence-electron chi connectivity index (χ3n) is 6.64. The fourth-order valence-corrected chi connectivity index (χ4v) is 5.90. The molecule has 0 radical (unpaired) electrons. The van der Waals surface area contributed by atoms with Gasteiger partial charge < -0.3 is 14.6 Å². The number of ether oxygens (including phenoxy) is 2. The van der Waals surface area contributed by atoms with Crippen molar-refractivity contribution in [2.24, 2.45) is 29.1 Å². The highest BCUT2D eigenvalue weighted by atomic mass is 16.6. The summed E-state index contributed by atoms with van der Waals surface area (Å²) in [6.45, 7) is 5.38. The molecule has 19 heavy (non-hydrogen) atoms. The largest absolute Gasteiger partial charge is 0.374 e. The van der Waals surface area contributed by atoms with Crippen LogP contribution in [0.4, 0.5) is 0 Å². The zero-order chi connectivity index (χ0) is 13.2. The molecule has 3 saturated heterocycles. The molecule has 2 bridgehead atoms. The number of aliphatic hydroxyl groups is 1. The molecular formula is C16H26O3. The molecule has 0 aromatic heterocycles. The molecule has 3 nitrogen and oxygen atoms in total. The normalized spacial score (nSPS) is 59.2. The van der Waals surface area contributed by atoms with Gasteiger partial charge in [-0.2, -0.15) is 0 Å². The molecule has 1 spiro atoms. The first-order chi connectivity index (χ1) is 9.18. The van der Waals surface area contributed by atoms with Gasteiger partial charge in [0.1, 0.15) is 0 Å². The van der Waals surface area contributed by atoms with Gasteiger partial charge in [0.2, 0.25) is 0 Å². The van der Waals surface area contributed by atoms with Crippen molar-refractivity contribution in [1.29, 1.82) is 0 Å². The van der Waals surface area contributed by atoms with Crippen molar-refractivity contribution in [3.8, 4) is 0 Å². The average Bonchev–Trinajstić information content (AvgIpc) is 3.11. The lowest BCUT2D eigenvalue weighted by molar-refractivity contribution is -0.0605. The van der Waals surface area contributed by atoms with E-state index < -0.39 is 6.29 Å². The van der Waals surface area contributed by atoms with Crippen molar-refractivity contribution in [2.75, 3.05) is 6.61 Å². The lowest BCUT2D eigenvalue weighted by Crippen LogP contribution is -2.43. The third kappa shape index (κ3) is 1.55. The van der Waals surface area contributed by atoms with Crippen LogP contribution in [0, 0.1) is 29.1 Å². The van der Waals surface area contributed by atoms with E-state index in [1.54, 1.807) is 0 Å². The molecule has 4 rings (SSSR count). The van der Waals surface area contributed by atoms with E-state index in [9.17, 15) is 5.11 Å². The van der Waals surface area contributed by atoms with E-state index in [1.807, 2.05) is 0 Å². The minimum Gasteiger partial charge on any atom is -0.374 e. The van der Waals surface area contributed by atoms with Crippen LogP contribution in [0.1, 0.15) is 46.0 Å². The van der Waals surface area contributed by atoms with Crippen molar-refractivity contribution in [3.63, 3.8) is 0 Å². The first-order valence-electron chi connectivity index (χ1n) is 8.13. The summed E-state index contributed by atoms with van der Waals surface area (Å²) in [6, 6.07) is 0. The second kappa shape index (κ2) is 4.19. The van der Waals surface area contributed by atoms with Gasteiger partial charge in [0.05, 0.1) is 18.8 Å². The number of hydrogen-bond acceptors (Lipinski definition) is 3. The zero-order valence-electron chi connectivity index (χ0n) is 12.0. The molecule has 3 heteroatoms. The Labute approximate surface area is 115 Å². The molecular weight excluding hydrogens is 240 g/mol. The van der Waals surface area contributed by atoms with Crippen LogP contribution < -0.4 is 0 Å². The van der Waals surface area contributed by atoms with Gasteiger partial charge in [-0.3, -0.25) is 0 Å². The molecule has 3 aliphatic heterocycles. The van der Waals surface area contributed by atoms with Gasteiger partial charge in [-0.1, -0.05) is 26.7 Å². The predicted molar refractivity (Wildman–Crippen MR) is 71.4 cm³/mol. The maximum absolute atomic E-state index is 9.77. The molecule has 8 unspecified atom stereocenters. The summed E-state index contributed by atoms with van der Waals surface area (Å²) >= 11 is 0. The SMILES string of the molecule is CCC1CC(CC)C2C1C1CC3(COC(O)C3)C2O1. The average molecular weight is 266 g/mol. The van der Waals surface area contributed by atoms with Crippen LogP contribution in [-0.2, 0) is 9.47 Å². The van der Waals surface area contributed by atoms with E-state index in [4.69, 9.17) is 9.47 Å². The van der Waals surface area contributed by atoms with E-state index in [0.717, 1.165) is 36.5 Å². The first-order valence-corrected chi connectivity index (χ1v) is 8.13. The Bertz CT molecular complexity index is 371. The van der Waals surface area contributed by atoms with Crippen LogP contribution in [-0.4, -0.2) is 30.2 Å². The van der Waals surface area contributed by atoms with Crippen LogP contribution in [0.5, 0.6) is 0 Å². The van der Waals surface area contributed by atoms with Crippen LogP contribution in [0.15, 0.2) is 0 Å². The van der Waals surface area contributed by atoms with E-state index >= 15 is 0 Å². The van der Waals surface area contributed by atoms with Gasteiger partial charge >= 0.3 is 0 Å². The second-order valence-electron chi connectivity index (χ2n) is 7.36. The lowest BCUT2D eigenvalue weighted by Gasteiger charge is -2.38. The summed E-state index contributed by atoms with van der Waals surface area (Å²) in [7, 11) is 0. The lowest BCUT2D eigenvalue weighted by atomic mass is 9.63. The number of rotatable bonds is 2. The Hall–Kier alpha value is -0.120. The molecule has 4 aliphatic rings. The van der Waals surface area contributed by atoms with Crippen molar-refractivity contribution >= 4 is 0 Å². The van der Waals surface area contributed by atoms with Gasteiger partial charge in [0.25, 0.3) is 0 Å². The minimum absolute atomic E-state index is 0.140. The summed E-state index contributed by atoms with van der Waals surface area (Å²) < 4.78 is 11.9. The number of aliphatic hydroxyl groups excluding tert-OH is 1. The van der Waals surface area contributed by atoms with Gasteiger partial charge in [-0.15, -0.1) is 0 Å². The van der Waals surface area contributed by atoms with E-state index in [2.05, 4.69) is 13.8 Å². The second-order valence-corrected chi connectivity index (χ2v) is 7.36. The van der Waals surface area contributed by atoms with Crippen molar-refractivity contribution in [1.82, 2.24) is 0 Å². The van der Waals surface area contributed by atoms with Crippen molar-refractivity contribution in [3.05, 3.63) is 0 Å². The molecule has 1 aliphatic carbocycles. The quantitative estimate of drug-likeness (QED) is 0.835. The van der Waals surface area contributed by atoms with E-state index in [1.165, 1.54) is 19.3 Å². The maximum atomic E-state index is 9.77. The number of fused-ring (bicyclic) bond motifs is 6. The Morgan fingerprint density at radius 3 is 2.47 bits per heavy atom. The monoisotopic (exact) mass is 266 g/mol. The minimum atomic E-state index is -0.551. The van der Waals surface area contributed by atoms with E-state index in [-0.39, 0.29) is 5.41 Å². The third-order valence-corrected chi connectivity index (χ3v) is 6.64. The summed E-state index contributed by atoms with van der Waals surface area (Å²) in [5, 5.41) is 9.77. The van der Waals surface area contributed by atoms with Crippen LogP contribution in [0.2, 0.25) is 0 Å². The van der Waals surface area contributed by atoms with Crippen molar-refractivity contribution in [2.45, 2.75) is 64.4 Å². The Morgan fingerprint density at radius 2 is 1.84 bits per heavy atom. The molecule has 1 N–H and O–H groups in total. The van der Waals surface area contributed by atoms with Crippen molar-refractivity contribution < 1.29 is 14.6 Å². The topological polar surface area (TPSA) is 38.7 Å². The highest BCUT2D eigenvalue weighted by Crippen LogP contribution is 2.65. The highest BCUT2D eigenvalue weighted by Gasteiger charge is 2.67. The van der Waals surface area contributed by atoms with Gasteiger partial charge in [0.15, 0.2) is 6.29 Å². The van der Waals surface area contributed by atoms with Gasteiger partial charge in [-0.25, -0.2) is 0 Å². The highest BCUT2D eigenvalue weighted by molar-refractivity contribution is 5.14. The molecule has 0 aromatic carbocycles. The molecule has 108 valence electrons. The molecule has 4 fully saturated rings. The Morgan fingerprint density at radius 1 is 1.11 bits per heavy atom.